The molecule has 4 heterocycles. The number of nitrogens with zero attached hydrogens (tertiary/aromatic N) is 4. The quantitative estimate of drug-likeness (QED) is 0.431. The SMILES string of the molecule is CSc1nc2c(c(N3CC4CC(C3)N4C(=O)OC(C)(C)C)n1)CCC1(CCc3c(C)cccc31)C2. The van der Waals surface area contributed by atoms with Crippen molar-refractivity contribution in [2.45, 2.75) is 94.5 Å². The summed E-state index contributed by atoms with van der Waals surface area (Å²) in [6.07, 6.45) is 8.54. The van der Waals surface area contributed by atoms with Crippen molar-refractivity contribution in [2.24, 2.45) is 0 Å². The van der Waals surface area contributed by atoms with Crippen molar-refractivity contribution in [2.75, 3.05) is 24.2 Å². The normalized spacial score (nSPS) is 26.9. The maximum atomic E-state index is 12.8. The van der Waals surface area contributed by atoms with Crippen LogP contribution >= 0.6 is 11.8 Å². The van der Waals surface area contributed by atoms with Crippen molar-refractivity contribution in [3.63, 3.8) is 0 Å². The van der Waals surface area contributed by atoms with Crippen LogP contribution in [0.15, 0.2) is 23.4 Å². The van der Waals surface area contributed by atoms with Crippen LogP contribution in [-0.4, -0.2) is 58.0 Å². The first-order valence-corrected chi connectivity index (χ1v) is 14.2. The number of hydrogen-bond acceptors (Lipinski definition) is 6. The molecule has 0 saturated carbocycles. The number of piperidine rings is 1. The largest absolute Gasteiger partial charge is 0.444 e. The van der Waals surface area contributed by atoms with Crippen molar-refractivity contribution < 1.29 is 9.53 Å². The fourth-order valence-electron chi connectivity index (χ4n) is 6.89. The number of aromatic nitrogens is 2. The van der Waals surface area contributed by atoms with Crippen molar-refractivity contribution >= 4 is 23.7 Å². The first-order valence-electron chi connectivity index (χ1n) is 13.0. The van der Waals surface area contributed by atoms with Crippen LogP contribution in [0.4, 0.5) is 10.6 Å². The van der Waals surface area contributed by atoms with E-state index in [1.54, 1.807) is 22.9 Å². The molecule has 3 fully saturated rings. The molecule has 1 aromatic heterocycles. The molecule has 35 heavy (non-hydrogen) atoms. The van der Waals surface area contributed by atoms with Crippen molar-refractivity contribution in [3.05, 3.63) is 46.1 Å². The van der Waals surface area contributed by atoms with Gasteiger partial charge in [-0.1, -0.05) is 30.0 Å². The average Bonchev–Trinajstić information content (AvgIpc) is 3.15. The third kappa shape index (κ3) is 3.81. The molecule has 3 atom stereocenters. The van der Waals surface area contributed by atoms with E-state index < -0.39 is 5.60 Å². The number of anilines is 1. The number of aryl methyl sites for hydroxylation is 1. The molecule has 0 N–H and O–H groups in total. The maximum absolute atomic E-state index is 12.8. The molecule has 6 nitrogen and oxygen atoms in total. The van der Waals surface area contributed by atoms with E-state index in [1.807, 2.05) is 25.7 Å². The van der Waals surface area contributed by atoms with Gasteiger partial charge in [-0.25, -0.2) is 14.8 Å². The van der Waals surface area contributed by atoms with Gasteiger partial charge in [0.2, 0.25) is 0 Å². The number of carbonyl (C=O) groups excluding carboxylic acids is 1. The predicted molar refractivity (Wildman–Crippen MR) is 139 cm³/mol. The Morgan fingerprint density at radius 3 is 2.51 bits per heavy atom. The fourth-order valence-corrected chi connectivity index (χ4v) is 7.27. The number of fused-ring (bicyclic) bond motifs is 5. The number of amides is 1. The second-order valence-corrected chi connectivity index (χ2v) is 12.6. The molecule has 2 bridgehead atoms. The Labute approximate surface area is 212 Å². The van der Waals surface area contributed by atoms with Crippen LogP contribution in [-0.2, 0) is 29.4 Å². The molecule has 3 aliphatic heterocycles. The fraction of sp³-hybridized carbons (Fsp3) is 0.607. The third-order valence-electron chi connectivity index (χ3n) is 8.52. The summed E-state index contributed by atoms with van der Waals surface area (Å²) in [5, 5.41) is 0.863. The maximum Gasteiger partial charge on any atom is 0.410 e. The molecule has 2 aromatic rings. The van der Waals surface area contributed by atoms with Gasteiger partial charge in [-0.05, 0) is 89.2 Å². The highest BCUT2D eigenvalue weighted by Gasteiger charge is 2.50. The number of piperazine rings is 1. The van der Waals surface area contributed by atoms with Crippen LogP contribution in [0.3, 0.4) is 0 Å². The highest BCUT2D eigenvalue weighted by atomic mass is 32.2. The summed E-state index contributed by atoms with van der Waals surface area (Å²) in [7, 11) is 0. The summed E-state index contributed by atoms with van der Waals surface area (Å²) in [6.45, 7) is 9.69. The molecule has 3 saturated heterocycles. The lowest BCUT2D eigenvalue weighted by atomic mass is 9.69. The molecule has 1 spiro atoms. The minimum atomic E-state index is -0.465. The molecule has 3 unspecified atom stereocenters. The summed E-state index contributed by atoms with van der Waals surface area (Å²) in [5.74, 6) is 1.11. The summed E-state index contributed by atoms with van der Waals surface area (Å²) in [6, 6.07) is 7.24. The zero-order valence-corrected chi connectivity index (χ0v) is 22.4. The third-order valence-corrected chi connectivity index (χ3v) is 9.07. The zero-order valence-electron chi connectivity index (χ0n) is 21.6. The van der Waals surface area contributed by atoms with Crippen molar-refractivity contribution in [3.8, 4) is 0 Å². The van der Waals surface area contributed by atoms with E-state index in [0.717, 1.165) is 49.7 Å². The monoisotopic (exact) mass is 492 g/mol. The smallest absolute Gasteiger partial charge is 0.410 e. The minimum absolute atomic E-state index is 0.176. The van der Waals surface area contributed by atoms with Crippen LogP contribution in [0.5, 0.6) is 0 Å². The Balaban J connectivity index is 1.28. The Hall–Kier alpha value is -2.28. The minimum Gasteiger partial charge on any atom is -0.444 e. The van der Waals surface area contributed by atoms with E-state index >= 15 is 0 Å². The molecular weight excluding hydrogens is 456 g/mol. The lowest BCUT2D eigenvalue weighted by Crippen LogP contribution is -2.70. The number of carbonyl (C=O) groups is 1. The Morgan fingerprint density at radius 1 is 1.11 bits per heavy atom. The average molecular weight is 493 g/mol. The number of hydrogen-bond donors (Lipinski definition) is 0. The van der Waals surface area contributed by atoms with Crippen LogP contribution in [0.1, 0.15) is 68.0 Å². The van der Waals surface area contributed by atoms with E-state index in [9.17, 15) is 4.79 Å². The predicted octanol–water partition coefficient (Wildman–Crippen LogP) is 5.08. The zero-order chi connectivity index (χ0) is 24.5. The van der Waals surface area contributed by atoms with Gasteiger partial charge in [-0.3, -0.25) is 4.90 Å². The van der Waals surface area contributed by atoms with Crippen LogP contribution in [0, 0.1) is 6.92 Å². The summed E-state index contributed by atoms with van der Waals surface area (Å²) in [5.41, 5.74) is 6.87. The summed E-state index contributed by atoms with van der Waals surface area (Å²) >= 11 is 1.63. The Bertz CT molecular complexity index is 1180. The molecule has 2 aliphatic carbocycles. The van der Waals surface area contributed by atoms with E-state index in [4.69, 9.17) is 14.7 Å². The van der Waals surface area contributed by atoms with Gasteiger partial charge in [0.1, 0.15) is 11.4 Å². The van der Waals surface area contributed by atoms with Crippen LogP contribution in [0.2, 0.25) is 0 Å². The molecular formula is C28H36N4O2S. The van der Waals surface area contributed by atoms with Gasteiger partial charge in [-0.15, -0.1) is 0 Å². The topological polar surface area (TPSA) is 58.6 Å². The molecule has 1 aromatic carbocycles. The Kier molecular flexibility index (Phi) is 5.37. The van der Waals surface area contributed by atoms with Gasteiger partial charge >= 0.3 is 6.09 Å². The van der Waals surface area contributed by atoms with Gasteiger partial charge < -0.3 is 9.64 Å². The van der Waals surface area contributed by atoms with E-state index in [-0.39, 0.29) is 23.6 Å². The lowest BCUT2D eigenvalue weighted by Gasteiger charge is -2.56. The van der Waals surface area contributed by atoms with Crippen molar-refractivity contribution in [1.82, 2.24) is 14.9 Å². The number of benzene rings is 1. The van der Waals surface area contributed by atoms with Gasteiger partial charge in [0, 0.05) is 24.1 Å². The first-order chi connectivity index (χ1) is 16.7. The van der Waals surface area contributed by atoms with Gasteiger partial charge in [-0.2, -0.15) is 0 Å². The highest BCUT2D eigenvalue weighted by molar-refractivity contribution is 7.98. The number of rotatable bonds is 2. The van der Waals surface area contributed by atoms with Crippen LogP contribution < -0.4 is 4.90 Å². The van der Waals surface area contributed by atoms with E-state index in [2.05, 4.69) is 36.3 Å². The highest BCUT2D eigenvalue weighted by Crippen LogP contribution is 2.49. The van der Waals surface area contributed by atoms with Gasteiger partial charge in [0.25, 0.3) is 0 Å². The van der Waals surface area contributed by atoms with Crippen molar-refractivity contribution in [1.29, 1.82) is 0 Å². The summed E-state index contributed by atoms with van der Waals surface area (Å²) in [4.78, 5) is 27.2. The summed E-state index contributed by atoms with van der Waals surface area (Å²) < 4.78 is 5.68. The molecule has 7 rings (SSSR count). The molecule has 7 heteroatoms. The molecule has 0 radical (unpaired) electrons. The van der Waals surface area contributed by atoms with Gasteiger partial charge in [0.05, 0.1) is 17.8 Å². The molecule has 5 aliphatic rings. The number of thioether (sulfide) groups is 1. The second kappa shape index (κ2) is 8.12. The lowest BCUT2D eigenvalue weighted by molar-refractivity contribution is -0.0381. The van der Waals surface area contributed by atoms with E-state index in [1.165, 1.54) is 29.7 Å². The van der Waals surface area contributed by atoms with Gasteiger partial charge in [0.15, 0.2) is 5.16 Å². The molecule has 1 amide bonds. The number of ether oxygens (including phenoxy) is 1. The van der Waals surface area contributed by atoms with E-state index in [0.29, 0.717) is 0 Å². The first kappa shape index (κ1) is 23.1. The van der Waals surface area contributed by atoms with Crippen LogP contribution in [0.25, 0.3) is 0 Å². The standard InChI is InChI=1S/C28H36N4O2S/c1-17-7-6-8-22-20(17)9-11-28(22)12-10-21-23(14-28)29-25(35-5)30-24(21)31-15-18-13-19(16-31)32(18)26(33)34-27(2,3)4/h6-8,18-19H,9-16H2,1-5H3. The molecule has 186 valence electrons. The Morgan fingerprint density at radius 2 is 1.83 bits per heavy atom. The second-order valence-electron chi connectivity index (χ2n) is 11.9.